The molecule has 0 saturated carbocycles. The van der Waals surface area contributed by atoms with Crippen LogP contribution < -0.4 is 10.6 Å². The van der Waals surface area contributed by atoms with Crippen molar-refractivity contribution in [3.63, 3.8) is 0 Å². The van der Waals surface area contributed by atoms with E-state index >= 15 is 0 Å². The van der Waals surface area contributed by atoms with E-state index in [1.54, 1.807) is 18.8 Å². The third-order valence-corrected chi connectivity index (χ3v) is 4.32. The zero-order chi connectivity index (χ0) is 16.3. The quantitative estimate of drug-likeness (QED) is 0.352. The van der Waals surface area contributed by atoms with Crippen LogP contribution in [0.1, 0.15) is 12.0 Å². The van der Waals surface area contributed by atoms with Gasteiger partial charge in [-0.1, -0.05) is 30.3 Å². The Morgan fingerprint density at radius 3 is 2.48 bits per heavy atom. The molecule has 0 spiro atoms. The van der Waals surface area contributed by atoms with E-state index in [-0.39, 0.29) is 5.82 Å². The van der Waals surface area contributed by atoms with Crippen molar-refractivity contribution < 1.29 is 4.39 Å². The number of nitrogens with zero attached hydrogens (tertiary/aromatic N) is 1. The maximum atomic E-state index is 12.8. The molecular formula is C18H22FN3S. The number of benzene rings is 2. The van der Waals surface area contributed by atoms with Gasteiger partial charge in [0.15, 0.2) is 5.96 Å². The lowest BCUT2D eigenvalue weighted by Gasteiger charge is -2.11. The number of rotatable bonds is 7. The normalized spacial score (nSPS) is 11.3. The SMILES string of the molecule is CN=C(NCCCSc1ccc(F)cc1)NCc1ccccc1. The molecule has 0 saturated heterocycles. The standard InChI is InChI=1S/C18H22FN3S/c1-20-18(22-14-15-6-3-2-4-7-15)21-12-5-13-23-17-10-8-16(19)9-11-17/h2-4,6-11H,5,12-14H2,1H3,(H2,20,21,22). The Morgan fingerprint density at radius 2 is 1.78 bits per heavy atom. The van der Waals surface area contributed by atoms with Crippen LogP contribution in [0.3, 0.4) is 0 Å². The lowest BCUT2D eigenvalue weighted by atomic mass is 10.2. The summed E-state index contributed by atoms with van der Waals surface area (Å²) in [7, 11) is 1.77. The highest BCUT2D eigenvalue weighted by Crippen LogP contribution is 2.18. The summed E-state index contributed by atoms with van der Waals surface area (Å²) in [6.45, 7) is 1.60. The van der Waals surface area contributed by atoms with E-state index in [0.29, 0.717) is 0 Å². The second-order valence-corrected chi connectivity index (χ2v) is 6.16. The summed E-state index contributed by atoms with van der Waals surface area (Å²) < 4.78 is 12.8. The summed E-state index contributed by atoms with van der Waals surface area (Å²) in [5.74, 6) is 1.60. The van der Waals surface area contributed by atoms with Gasteiger partial charge in [-0.15, -0.1) is 11.8 Å². The zero-order valence-electron chi connectivity index (χ0n) is 13.3. The van der Waals surface area contributed by atoms with E-state index in [2.05, 4.69) is 27.8 Å². The van der Waals surface area contributed by atoms with Crippen molar-refractivity contribution in [1.29, 1.82) is 0 Å². The van der Waals surface area contributed by atoms with Gasteiger partial charge in [0, 0.05) is 25.0 Å². The van der Waals surface area contributed by atoms with Crippen molar-refractivity contribution in [1.82, 2.24) is 10.6 Å². The number of hydrogen-bond donors (Lipinski definition) is 2. The summed E-state index contributed by atoms with van der Waals surface area (Å²) in [5, 5.41) is 6.59. The molecule has 5 heteroatoms. The topological polar surface area (TPSA) is 36.4 Å². The lowest BCUT2D eigenvalue weighted by Crippen LogP contribution is -2.37. The lowest BCUT2D eigenvalue weighted by molar-refractivity contribution is 0.626. The van der Waals surface area contributed by atoms with Gasteiger partial charge in [-0.3, -0.25) is 4.99 Å². The maximum Gasteiger partial charge on any atom is 0.191 e. The highest BCUT2D eigenvalue weighted by atomic mass is 32.2. The van der Waals surface area contributed by atoms with Crippen LogP contribution in [0.15, 0.2) is 64.5 Å². The Labute approximate surface area is 141 Å². The molecule has 0 heterocycles. The fourth-order valence-electron chi connectivity index (χ4n) is 2.00. The van der Waals surface area contributed by atoms with E-state index in [1.807, 2.05) is 30.3 Å². The summed E-state index contributed by atoms with van der Waals surface area (Å²) in [6.07, 6.45) is 1.01. The molecule has 0 aliphatic heterocycles. The second-order valence-electron chi connectivity index (χ2n) is 4.99. The maximum absolute atomic E-state index is 12.8. The minimum Gasteiger partial charge on any atom is -0.356 e. The van der Waals surface area contributed by atoms with Gasteiger partial charge >= 0.3 is 0 Å². The van der Waals surface area contributed by atoms with Gasteiger partial charge in [-0.25, -0.2) is 4.39 Å². The largest absolute Gasteiger partial charge is 0.356 e. The first kappa shape index (κ1) is 17.3. The first-order chi connectivity index (χ1) is 11.3. The number of aliphatic imine (C=N–C) groups is 1. The van der Waals surface area contributed by atoms with E-state index in [1.165, 1.54) is 17.7 Å². The molecule has 2 aromatic rings. The number of nitrogens with one attached hydrogen (secondary N) is 2. The fourth-order valence-corrected chi connectivity index (χ4v) is 2.85. The average Bonchev–Trinajstić information content (AvgIpc) is 2.60. The molecule has 0 radical (unpaired) electrons. The zero-order valence-corrected chi connectivity index (χ0v) is 14.1. The van der Waals surface area contributed by atoms with Crippen molar-refractivity contribution in [2.75, 3.05) is 19.3 Å². The molecule has 2 rings (SSSR count). The Hall–Kier alpha value is -2.01. The molecule has 0 amide bonds. The number of thioether (sulfide) groups is 1. The molecule has 0 aromatic heterocycles. The van der Waals surface area contributed by atoms with E-state index in [9.17, 15) is 4.39 Å². The third-order valence-electron chi connectivity index (χ3n) is 3.22. The monoisotopic (exact) mass is 331 g/mol. The van der Waals surface area contributed by atoms with Crippen molar-refractivity contribution >= 4 is 17.7 Å². The van der Waals surface area contributed by atoms with Crippen molar-refractivity contribution in [3.8, 4) is 0 Å². The van der Waals surface area contributed by atoms with Gasteiger partial charge in [0.1, 0.15) is 5.82 Å². The second kappa shape index (κ2) is 9.90. The highest BCUT2D eigenvalue weighted by Gasteiger charge is 1.99. The van der Waals surface area contributed by atoms with Crippen LogP contribution in [-0.4, -0.2) is 25.3 Å². The van der Waals surface area contributed by atoms with Gasteiger partial charge < -0.3 is 10.6 Å². The summed E-state index contributed by atoms with van der Waals surface area (Å²) in [6, 6.07) is 16.8. The van der Waals surface area contributed by atoms with Crippen molar-refractivity contribution in [3.05, 3.63) is 66.0 Å². The Kier molecular flexibility index (Phi) is 7.46. The highest BCUT2D eigenvalue weighted by molar-refractivity contribution is 7.99. The van der Waals surface area contributed by atoms with Crippen LogP contribution >= 0.6 is 11.8 Å². The molecule has 23 heavy (non-hydrogen) atoms. The Bertz CT molecular complexity index is 599. The van der Waals surface area contributed by atoms with Crippen LogP contribution in [0.2, 0.25) is 0 Å². The van der Waals surface area contributed by atoms with E-state index < -0.39 is 0 Å². The van der Waals surface area contributed by atoms with Crippen molar-refractivity contribution in [2.24, 2.45) is 4.99 Å². The van der Waals surface area contributed by atoms with Gasteiger partial charge in [-0.2, -0.15) is 0 Å². The van der Waals surface area contributed by atoms with Crippen molar-refractivity contribution in [2.45, 2.75) is 17.9 Å². The van der Waals surface area contributed by atoms with Crippen LogP contribution in [0, 0.1) is 5.82 Å². The molecule has 0 unspecified atom stereocenters. The molecule has 0 fully saturated rings. The average molecular weight is 331 g/mol. The number of guanidine groups is 1. The van der Waals surface area contributed by atoms with E-state index in [0.717, 1.165) is 36.1 Å². The van der Waals surface area contributed by atoms with Crippen LogP contribution in [-0.2, 0) is 6.54 Å². The minimum absolute atomic E-state index is 0.190. The van der Waals surface area contributed by atoms with Gasteiger partial charge in [0.05, 0.1) is 0 Å². The molecule has 0 aliphatic rings. The summed E-state index contributed by atoms with van der Waals surface area (Å²) in [5.41, 5.74) is 1.22. The minimum atomic E-state index is -0.190. The predicted molar refractivity (Wildman–Crippen MR) is 96.4 cm³/mol. The first-order valence-electron chi connectivity index (χ1n) is 7.65. The van der Waals surface area contributed by atoms with E-state index in [4.69, 9.17) is 0 Å². The number of halogens is 1. The first-order valence-corrected chi connectivity index (χ1v) is 8.63. The molecule has 0 aliphatic carbocycles. The molecule has 2 aromatic carbocycles. The van der Waals surface area contributed by atoms with Gasteiger partial charge in [0.25, 0.3) is 0 Å². The summed E-state index contributed by atoms with van der Waals surface area (Å²) in [4.78, 5) is 5.31. The van der Waals surface area contributed by atoms with Crippen LogP contribution in [0.5, 0.6) is 0 Å². The van der Waals surface area contributed by atoms with Crippen LogP contribution in [0.25, 0.3) is 0 Å². The molecular weight excluding hydrogens is 309 g/mol. The molecule has 122 valence electrons. The Morgan fingerprint density at radius 1 is 1.04 bits per heavy atom. The fraction of sp³-hybridized carbons (Fsp3) is 0.278. The number of hydrogen-bond acceptors (Lipinski definition) is 2. The van der Waals surface area contributed by atoms with Gasteiger partial charge in [0.2, 0.25) is 0 Å². The molecule has 0 atom stereocenters. The third kappa shape index (κ3) is 6.74. The van der Waals surface area contributed by atoms with Gasteiger partial charge in [-0.05, 0) is 42.0 Å². The molecule has 2 N–H and O–H groups in total. The smallest absolute Gasteiger partial charge is 0.191 e. The molecule has 0 bridgehead atoms. The predicted octanol–water partition coefficient (Wildman–Crippen LogP) is 3.67. The summed E-state index contributed by atoms with van der Waals surface area (Å²) >= 11 is 1.73. The Balaban J connectivity index is 1.61. The van der Waals surface area contributed by atoms with Crippen LogP contribution in [0.4, 0.5) is 4.39 Å². The molecule has 3 nitrogen and oxygen atoms in total.